The molecule has 3 heterocycles. The van der Waals surface area contributed by atoms with Gasteiger partial charge in [0, 0.05) is 11.6 Å². The molecule has 0 spiro atoms. The zero-order valence-electron chi connectivity index (χ0n) is 15.0. The molecule has 1 fully saturated rings. The van der Waals surface area contributed by atoms with Gasteiger partial charge in [0.2, 0.25) is 5.95 Å². The molecule has 0 atom stereocenters. The van der Waals surface area contributed by atoms with Crippen molar-refractivity contribution in [1.82, 2.24) is 15.0 Å². The maximum absolute atomic E-state index is 10.3. The lowest BCUT2D eigenvalue weighted by Gasteiger charge is -2.29. The highest BCUT2D eigenvalue weighted by Crippen LogP contribution is 2.33. The minimum Gasteiger partial charge on any atom is -0.483 e. The molecular weight excluding hydrogens is 346 g/mol. The molecule has 4 rings (SSSR count). The van der Waals surface area contributed by atoms with Crippen molar-refractivity contribution in [3.63, 3.8) is 0 Å². The summed E-state index contributed by atoms with van der Waals surface area (Å²) in [6.45, 7) is 4.52. The van der Waals surface area contributed by atoms with Gasteiger partial charge < -0.3 is 24.9 Å². The Hall–Kier alpha value is -3.15. The predicted molar refractivity (Wildman–Crippen MR) is 98.8 cm³/mol. The maximum atomic E-state index is 10.3. The normalized spacial score (nSPS) is 14.6. The van der Waals surface area contributed by atoms with Crippen LogP contribution in [0.3, 0.4) is 0 Å². The Labute approximate surface area is 155 Å². The van der Waals surface area contributed by atoms with E-state index in [1.165, 1.54) is 0 Å². The zero-order valence-corrected chi connectivity index (χ0v) is 15.0. The number of aromatic amines is 1. The number of aliphatic hydroxyl groups is 1. The number of nitrogens with one attached hydrogen (secondary N) is 2. The van der Waals surface area contributed by atoms with Gasteiger partial charge in [-0.15, -0.1) is 0 Å². The van der Waals surface area contributed by atoms with E-state index in [-0.39, 0.29) is 6.10 Å². The number of nitriles is 1. The molecule has 1 aliphatic heterocycles. The molecule has 1 aliphatic rings. The molecule has 0 radical (unpaired) electrons. The second kappa shape index (κ2) is 6.54. The van der Waals surface area contributed by atoms with Crippen molar-refractivity contribution in [1.29, 1.82) is 5.26 Å². The fourth-order valence-electron chi connectivity index (χ4n) is 2.72. The van der Waals surface area contributed by atoms with Crippen LogP contribution in [0.4, 0.5) is 11.6 Å². The number of benzene rings is 1. The van der Waals surface area contributed by atoms with Gasteiger partial charge in [-0.2, -0.15) is 10.2 Å². The molecular formula is C19H19N5O3. The Morgan fingerprint density at radius 2 is 2.19 bits per heavy atom. The molecule has 0 unspecified atom stereocenters. The summed E-state index contributed by atoms with van der Waals surface area (Å²) in [6.07, 6.45) is 1.63. The van der Waals surface area contributed by atoms with Crippen molar-refractivity contribution in [2.24, 2.45) is 0 Å². The maximum Gasteiger partial charge on any atom is 0.229 e. The largest absolute Gasteiger partial charge is 0.483 e. The standard InChI is InChI=1S/C19H19N5O3/c1-19(2,25)12-3-4-15(16(6-12)27-14-9-26-10-14)23-18-21-8-11-5-13(7-20)22-17(11)24-18/h3-6,8,14,25H,9-10H2,1-2H3,(H2,21,22,23,24). The SMILES string of the molecule is CC(C)(O)c1ccc(Nc2ncc3cc(C#N)[nH]c3n2)c(OC2COC2)c1. The number of ether oxygens (including phenoxy) is 2. The number of aromatic nitrogens is 3. The molecule has 2 aromatic heterocycles. The van der Waals surface area contributed by atoms with Gasteiger partial charge in [0.1, 0.15) is 29.3 Å². The number of rotatable bonds is 5. The van der Waals surface area contributed by atoms with E-state index in [1.54, 1.807) is 26.1 Å². The van der Waals surface area contributed by atoms with Crippen LogP contribution in [0.5, 0.6) is 5.75 Å². The average Bonchev–Trinajstić information content (AvgIpc) is 3.00. The fourth-order valence-corrected chi connectivity index (χ4v) is 2.72. The van der Waals surface area contributed by atoms with Crippen molar-refractivity contribution in [3.8, 4) is 11.8 Å². The molecule has 0 bridgehead atoms. The second-order valence-corrected chi connectivity index (χ2v) is 6.96. The van der Waals surface area contributed by atoms with Crippen molar-refractivity contribution in [2.75, 3.05) is 18.5 Å². The third kappa shape index (κ3) is 3.56. The molecule has 8 heteroatoms. The van der Waals surface area contributed by atoms with E-state index in [9.17, 15) is 5.11 Å². The van der Waals surface area contributed by atoms with E-state index in [2.05, 4.69) is 26.3 Å². The Balaban J connectivity index is 1.66. The first-order chi connectivity index (χ1) is 12.9. The summed E-state index contributed by atoms with van der Waals surface area (Å²) in [6, 6.07) is 9.21. The Morgan fingerprint density at radius 1 is 1.37 bits per heavy atom. The quantitative estimate of drug-likeness (QED) is 0.636. The van der Waals surface area contributed by atoms with Crippen LogP contribution in [0.25, 0.3) is 11.0 Å². The molecule has 138 valence electrons. The van der Waals surface area contributed by atoms with Gasteiger partial charge in [0.15, 0.2) is 0 Å². The van der Waals surface area contributed by atoms with Crippen LogP contribution >= 0.6 is 0 Å². The molecule has 3 N–H and O–H groups in total. The van der Waals surface area contributed by atoms with E-state index in [1.807, 2.05) is 18.2 Å². The molecule has 0 amide bonds. The van der Waals surface area contributed by atoms with E-state index in [0.717, 1.165) is 10.9 Å². The van der Waals surface area contributed by atoms with Crippen LogP contribution in [0, 0.1) is 11.3 Å². The van der Waals surface area contributed by atoms with Gasteiger partial charge in [0.05, 0.1) is 24.5 Å². The smallest absolute Gasteiger partial charge is 0.229 e. The van der Waals surface area contributed by atoms with Crippen LogP contribution < -0.4 is 10.1 Å². The first kappa shape index (κ1) is 17.3. The fraction of sp³-hybridized carbons (Fsp3) is 0.316. The first-order valence-corrected chi connectivity index (χ1v) is 8.56. The topological polar surface area (TPSA) is 116 Å². The summed E-state index contributed by atoms with van der Waals surface area (Å²) < 4.78 is 11.2. The molecule has 1 saturated heterocycles. The number of fused-ring (bicyclic) bond motifs is 1. The summed E-state index contributed by atoms with van der Waals surface area (Å²) in [5.41, 5.74) is 1.44. The van der Waals surface area contributed by atoms with E-state index in [0.29, 0.717) is 41.9 Å². The lowest BCUT2D eigenvalue weighted by Crippen LogP contribution is -2.38. The highest BCUT2D eigenvalue weighted by atomic mass is 16.6. The van der Waals surface area contributed by atoms with Crippen molar-refractivity contribution < 1.29 is 14.6 Å². The number of anilines is 2. The van der Waals surface area contributed by atoms with E-state index < -0.39 is 5.60 Å². The number of H-pyrrole nitrogens is 1. The molecule has 27 heavy (non-hydrogen) atoms. The summed E-state index contributed by atoms with van der Waals surface area (Å²) in [5, 5.41) is 23.2. The minimum atomic E-state index is -0.986. The van der Waals surface area contributed by atoms with Gasteiger partial charge in [-0.1, -0.05) is 6.07 Å². The third-order valence-electron chi connectivity index (χ3n) is 4.33. The average molecular weight is 365 g/mol. The van der Waals surface area contributed by atoms with Crippen LogP contribution in [-0.2, 0) is 10.3 Å². The molecule has 1 aromatic carbocycles. The van der Waals surface area contributed by atoms with Gasteiger partial charge in [0.25, 0.3) is 0 Å². The van der Waals surface area contributed by atoms with Crippen LogP contribution in [0.15, 0.2) is 30.5 Å². The van der Waals surface area contributed by atoms with E-state index in [4.69, 9.17) is 14.7 Å². The van der Waals surface area contributed by atoms with Gasteiger partial charge in [-0.25, -0.2) is 4.98 Å². The van der Waals surface area contributed by atoms with Crippen molar-refractivity contribution in [3.05, 3.63) is 41.7 Å². The lowest BCUT2D eigenvalue weighted by molar-refractivity contribution is -0.0795. The number of nitrogens with zero attached hydrogens (tertiary/aromatic N) is 3. The van der Waals surface area contributed by atoms with Gasteiger partial charge in [-0.3, -0.25) is 0 Å². The van der Waals surface area contributed by atoms with Crippen LogP contribution in [-0.4, -0.2) is 39.4 Å². The van der Waals surface area contributed by atoms with Crippen LogP contribution in [0.1, 0.15) is 25.1 Å². The van der Waals surface area contributed by atoms with E-state index >= 15 is 0 Å². The summed E-state index contributed by atoms with van der Waals surface area (Å²) >= 11 is 0. The Kier molecular flexibility index (Phi) is 4.18. The number of hydrogen-bond acceptors (Lipinski definition) is 7. The van der Waals surface area contributed by atoms with Gasteiger partial charge >= 0.3 is 0 Å². The van der Waals surface area contributed by atoms with Crippen molar-refractivity contribution >= 4 is 22.7 Å². The summed E-state index contributed by atoms with van der Waals surface area (Å²) in [4.78, 5) is 11.6. The molecule has 3 aromatic rings. The number of hydrogen-bond donors (Lipinski definition) is 3. The Bertz CT molecular complexity index is 1030. The van der Waals surface area contributed by atoms with Gasteiger partial charge in [-0.05, 0) is 37.6 Å². The second-order valence-electron chi connectivity index (χ2n) is 6.96. The first-order valence-electron chi connectivity index (χ1n) is 8.56. The monoisotopic (exact) mass is 365 g/mol. The van der Waals surface area contributed by atoms with Crippen molar-refractivity contribution in [2.45, 2.75) is 25.6 Å². The lowest BCUT2D eigenvalue weighted by atomic mass is 9.98. The molecule has 0 saturated carbocycles. The highest BCUT2D eigenvalue weighted by molar-refractivity contribution is 5.78. The Morgan fingerprint density at radius 3 is 2.85 bits per heavy atom. The highest BCUT2D eigenvalue weighted by Gasteiger charge is 2.24. The zero-order chi connectivity index (χ0) is 19.0. The molecule has 8 nitrogen and oxygen atoms in total. The third-order valence-corrected chi connectivity index (χ3v) is 4.33. The summed E-state index contributed by atoms with van der Waals surface area (Å²) in [5.74, 6) is 0.968. The van der Waals surface area contributed by atoms with Crippen LogP contribution in [0.2, 0.25) is 0 Å². The minimum absolute atomic E-state index is 0.0207. The molecule has 0 aliphatic carbocycles. The predicted octanol–water partition coefficient (Wildman–Crippen LogP) is 2.58. The summed E-state index contributed by atoms with van der Waals surface area (Å²) in [7, 11) is 0.